The van der Waals surface area contributed by atoms with E-state index in [1.54, 1.807) is 0 Å². The first-order valence-corrected chi connectivity index (χ1v) is 8.13. The maximum Gasteiger partial charge on any atom is 0.263 e. The van der Waals surface area contributed by atoms with Crippen LogP contribution in [0.25, 0.3) is 10.8 Å². The van der Waals surface area contributed by atoms with Crippen LogP contribution in [0.2, 0.25) is 0 Å². The topological polar surface area (TPSA) is 38.8 Å². The van der Waals surface area contributed by atoms with Crippen molar-refractivity contribution in [2.45, 2.75) is 39.1 Å². The molecule has 2 aromatic rings. The lowest BCUT2D eigenvalue weighted by atomic mass is 10.1. The monoisotopic (exact) mass is 313 g/mol. The summed E-state index contributed by atoms with van der Waals surface area (Å²) in [5.41, 5.74) is 0. The van der Waals surface area contributed by atoms with E-state index in [2.05, 4.69) is 0 Å². The lowest BCUT2D eigenvalue weighted by Gasteiger charge is -2.36. The Hall–Kier alpha value is -2.07. The van der Waals surface area contributed by atoms with Crippen LogP contribution in [0, 0.1) is 0 Å². The van der Waals surface area contributed by atoms with Gasteiger partial charge in [-0.3, -0.25) is 4.79 Å². The lowest BCUT2D eigenvalue weighted by Crippen LogP contribution is -2.51. The van der Waals surface area contributed by atoms with Crippen molar-refractivity contribution in [3.8, 4) is 5.75 Å². The number of morpholine rings is 1. The first-order valence-electron chi connectivity index (χ1n) is 8.13. The van der Waals surface area contributed by atoms with Crippen LogP contribution in [-0.4, -0.2) is 42.2 Å². The molecule has 1 fully saturated rings. The molecule has 0 spiro atoms. The Balaban J connectivity index is 1.75. The Kier molecular flexibility index (Phi) is 4.53. The summed E-state index contributed by atoms with van der Waals surface area (Å²) in [6.07, 6.45) is -0.391. The zero-order valence-corrected chi connectivity index (χ0v) is 13.9. The van der Waals surface area contributed by atoms with Crippen LogP contribution in [0.4, 0.5) is 0 Å². The van der Waals surface area contributed by atoms with Crippen LogP contribution < -0.4 is 4.74 Å². The number of ether oxygens (including phenoxy) is 2. The smallest absolute Gasteiger partial charge is 0.263 e. The first-order chi connectivity index (χ1) is 11.0. The second-order valence-corrected chi connectivity index (χ2v) is 6.24. The molecule has 2 aromatic carbocycles. The van der Waals surface area contributed by atoms with Crippen molar-refractivity contribution in [1.29, 1.82) is 0 Å². The van der Waals surface area contributed by atoms with E-state index in [9.17, 15) is 4.79 Å². The van der Waals surface area contributed by atoms with E-state index in [-0.39, 0.29) is 18.1 Å². The van der Waals surface area contributed by atoms with Crippen LogP contribution >= 0.6 is 0 Å². The van der Waals surface area contributed by atoms with Crippen molar-refractivity contribution < 1.29 is 14.3 Å². The molecule has 0 N–H and O–H groups in total. The van der Waals surface area contributed by atoms with E-state index in [4.69, 9.17) is 9.47 Å². The summed E-state index contributed by atoms with van der Waals surface area (Å²) < 4.78 is 11.7. The van der Waals surface area contributed by atoms with Crippen molar-refractivity contribution in [3.05, 3.63) is 42.5 Å². The van der Waals surface area contributed by atoms with Gasteiger partial charge in [-0.1, -0.05) is 36.4 Å². The van der Waals surface area contributed by atoms with Crippen LogP contribution in [0.15, 0.2) is 42.5 Å². The lowest BCUT2D eigenvalue weighted by molar-refractivity contribution is -0.149. The fourth-order valence-electron chi connectivity index (χ4n) is 3.15. The van der Waals surface area contributed by atoms with Gasteiger partial charge in [-0.15, -0.1) is 0 Å². The van der Waals surface area contributed by atoms with E-state index >= 15 is 0 Å². The van der Waals surface area contributed by atoms with E-state index in [1.807, 2.05) is 68.1 Å². The molecule has 1 heterocycles. The quantitative estimate of drug-likeness (QED) is 0.873. The zero-order chi connectivity index (χ0) is 16.4. The van der Waals surface area contributed by atoms with Crippen molar-refractivity contribution in [2.75, 3.05) is 13.1 Å². The SMILES string of the molecule is C[C@@H]1CN(C(=O)[C@@H](C)Oc2cccc3ccccc23)C[C@@H](C)O1. The highest BCUT2D eigenvalue weighted by Gasteiger charge is 2.29. The maximum atomic E-state index is 12.7. The molecule has 1 amide bonds. The molecule has 23 heavy (non-hydrogen) atoms. The summed E-state index contributed by atoms with van der Waals surface area (Å²) in [4.78, 5) is 14.5. The Morgan fingerprint density at radius 1 is 1.13 bits per heavy atom. The van der Waals surface area contributed by atoms with Crippen LogP contribution in [0.3, 0.4) is 0 Å². The third kappa shape index (κ3) is 3.48. The molecule has 3 rings (SSSR count). The van der Waals surface area contributed by atoms with Crippen LogP contribution in [0.5, 0.6) is 5.75 Å². The molecule has 4 heteroatoms. The molecule has 4 nitrogen and oxygen atoms in total. The van der Waals surface area contributed by atoms with Gasteiger partial charge in [-0.25, -0.2) is 0 Å². The van der Waals surface area contributed by atoms with Gasteiger partial charge in [0.05, 0.1) is 12.2 Å². The van der Waals surface area contributed by atoms with E-state index < -0.39 is 6.10 Å². The number of carbonyl (C=O) groups is 1. The summed E-state index contributed by atoms with van der Waals surface area (Å²) in [7, 11) is 0. The molecule has 0 bridgehead atoms. The second kappa shape index (κ2) is 6.59. The third-order valence-corrected chi connectivity index (χ3v) is 4.13. The normalized spacial score (nSPS) is 22.8. The summed E-state index contributed by atoms with van der Waals surface area (Å²) in [5, 5.41) is 2.14. The van der Waals surface area contributed by atoms with Gasteiger partial charge in [-0.2, -0.15) is 0 Å². The number of benzene rings is 2. The van der Waals surface area contributed by atoms with Gasteiger partial charge in [0.2, 0.25) is 0 Å². The Labute approximate surface area is 137 Å². The van der Waals surface area contributed by atoms with Gasteiger partial charge < -0.3 is 14.4 Å². The highest BCUT2D eigenvalue weighted by Crippen LogP contribution is 2.26. The Morgan fingerprint density at radius 2 is 1.78 bits per heavy atom. The molecule has 1 aliphatic heterocycles. The van der Waals surface area contributed by atoms with Crippen molar-refractivity contribution in [3.63, 3.8) is 0 Å². The third-order valence-electron chi connectivity index (χ3n) is 4.13. The Bertz CT molecular complexity index is 685. The predicted octanol–water partition coefficient (Wildman–Crippen LogP) is 3.24. The fraction of sp³-hybridized carbons (Fsp3) is 0.421. The molecule has 1 saturated heterocycles. The molecule has 0 unspecified atom stereocenters. The molecule has 0 saturated carbocycles. The number of carbonyl (C=O) groups excluding carboxylic acids is 1. The number of rotatable bonds is 3. The number of nitrogens with zero attached hydrogens (tertiary/aromatic N) is 1. The second-order valence-electron chi connectivity index (χ2n) is 6.24. The van der Waals surface area contributed by atoms with Crippen molar-refractivity contribution in [1.82, 2.24) is 4.90 Å². The number of hydrogen-bond acceptors (Lipinski definition) is 3. The van der Waals surface area contributed by atoms with Crippen molar-refractivity contribution in [2.24, 2.45) is 0 Å². The van der Waals surface area contributed by atoms with Crippen LogP contribution in [0.1, 0.15) is 20.8 Å². The van der Waals surface area contributed by atoms with E-state index in [0.717, 1.165) is 16.5 Å². The highest BCUT2D eigenvalue weighted by molar-refractivity contribution is 5.89. The Morgan fingerprint density at radius 3 is 2.52 bits per heavy atom. The standard InChI is InChI=1S/C19H23NO3/c1-13-11-20(12-14(2)22-13)19(21)15(3)23-18-10-6-8-16-7-4-5-9-17(16)18/h4-10,13-15H,11-12H2,1-3H3/t13-,14-,15-/m1/s1. The molecule has 3 atom stereocenters. The minimum absolute atomic E-state index is 0.0138. The highest BCUT2D eigenvalue weighted by atomic mass is 16.5. The molecule has 0 aromatic heterocycles. The molecule has 122 valence electrons. The largest absolute Gasteiger partial charge is 0.480 e. The van der Waals surface area contributed by atoms with Gasteiger partial charge in [-0.05, 0) is 32.2 Å². The van der Waals surface area contributed by atoms with E-state index in [1.165, 1.54) is 0 Å². The number of amides is 1. The first kappa shape index (κ1) is 15.8. The number of fused-ring (bicyclic) bond motifs is 1. The molecule has 0 radical (unpaired) electrons. The predicted molar refractivity (Wildman–Crippen MR) is 90.6 cm³/mol. The average molecular weight is 313 g/mol. The van der Waals surface area contributed by atoms with Gasteiger partial charge in [0.15, 0.2) is 6.10 Å². The number of hydrogen-bond donors (Lipinski definition) is 0. The average Bonchev–Trinajstić information content (AvgIpc) is 2.53. The van der Waals surface area contributed by atoms with Crippen LogP contribution in [-0.2, 0) is 9.53 Å². The van der Waals surface area contributed by atoms with Gasteiger partial charge in [0, 0.05) is 18.5 Å². The molecule has 0 aliphatic carbocycles. The summed E-state index contributed by atoms with van der Waals surface area (Å²) in [6.45, 7) is 7.03. The van der Waals surface area contributed by atoms with Crippen molar-refractivity contribution >= 4 is 16.7 Å². The summed E-state index contributed by atoms with van der Waals surface area (Å²) >= 11 is 0. The minimum atomic E-state index is -0.515. The molecular formula is C19H23NO3. The summed E-state index contributed by atoms with van der Waals surface area (Å²) in [6, 6.07) is 13.9. The fourth-order valence-corrected chi connectivity index (χ4v) is 3.15. The van der Waals surface area contributed by atoms with Gasteiger partial charge in [0.1, 0.15) is 5.75 Å². The maximum absolute atomic E-state index is 12.7. The zero-order valence-electron chi connectivity index (χ0n) is 13.9. The molecule has 1 aliphatic rings. The molecular weight excluding hydrogens is 290 g/mol. The van der Waals surface area contributed by atoms with Gasteiger partial charge >= 0.3 is 0 Å². The minimum Gasteiger partial charge on any atom is -0.480 e. The summed E-state index contributed by atoms with van der Waals surface area (Å²) in [5.74, 6) is 0.762. The van der Waals surface area contributed by atoms with E-state index in [0.29, 0.717) is 13.1 Å². The van der Waals surface area contributed by atoms with Gasteiger partial charge in [0.25, 0.3) is 5.91 Å².